The number of nitrogens with one attached hydrogen (secondary N) is 3. The first-order chi connectivity index (χ1) is 17.6. The fraction of sp³-hybridized carbons (Fsp3) is 0.533. The lowest BCUT2D eigenvalue weighted by atomic mass is 9.76. The van der Waals surface area contributed by atoms with Crippen molar-refractivity contribution in [2.24, 2.45) is 11.3 Å². The Labute approximate surface area is 227 Å². The van der Waals surface area contributed by atoms with E-state index in [9.17, 15) is 14.4 Å². The molecule has 2 amide bonds. The molecule has 1 aromatic heterocycles. The molecule has 0 fully saturated rings. The number of ketones is 1. The Morgan fingerprint density at radius 3 is 2.11 bits per heavy atom. The van der Waals surface area contributed by atoms with Crippen LogP contribution in [0.3, 0.4) is 0 Å². The van der Waals surface area contributed by atoms with Crippen LogP contribution in [0, 0.1) is 11.3 Å². The summed E-state index contributed by atoms with van der Waals surface area (Å²) in [5.41, 5.74) is 0.436. The number of rotatable bonds is 11. The van der Waals surface area contributed by atoms with Crippen molar-refractivity contribution in [3.8, 4) is 0 Å². The topological polar surface area (TPSA) is 107 Å². The molecule has 38 heavy (non-hydrogen) atoms. The van der Waals surface area contributed by atoms with E-state index in [2.05, 4.69) is 20.6 Å². The van der Waals surface area contributed by atoms with E-state index in [4.69, 9.17) is 0 Å². The summed E-state index contributed by atoms with van der Waals surface area (Å²) < 4.78 is 0. The Morgan fingerprint density at radius 2 is 1.63 bits per heavy atom. The van der Waals surface area contributed by atoms with Crippen LogP contribution in [-0.2, 0) is 15.0 Å². The molecule has 2 aromatic rings. The monoisotopic (exact) mass is 523 g/mol. The first-order valence-electron chi connectivity index (χ1n) is 13.1. The number of benzene rings is 1. The zero-order valence-corrected chi connectivity index (χ0v) is 24.5. The molecule has 1 aromatic carbocycles. The summed E-state index contributed by atoms with van der Waals surface area (Å²) >= 11 is 0. The molecule has 0 aliphatic rings. The number of imidazole rings is 1. The standard InChI is InChI=1S/C30H45N5O3/c1-19(2)22(18-20(3)23(36)26-32-16-17-33-26)35(10)28(38)25(29(4,5)6)34-27(37)24(31-9)30(7,8)21-14-12-11-13-15-21/h11-19,22,24-25,31H,1-10H3,(H,32,33)(H,34,37)/b20-18+/t22-,24-,25?/m1/s1. The van der Waals surface area contributed by atoms with Crippen molar-refractivity contribution >= 4 is 17.6 Å². The third kappa shape index (κ3) is 7.19. The minimum absolute atomic E-state index is 0.0293. The third-order valence-corrected chi connectivity index (χ3v) is 7.16. The van der Waals surface area contributed by atoms with E-state index in [1.54, 1.807) is 32.1 Å². The first kappa shape index (κ1) is 31.0. The number of H-pyrrole nitrogens is 1. The number of amides is 2. The predicted molar refractivity (Wildman–Crippen MR) is 152 cm³/mol. The first-order valence-corrected chi connectivity index (χ1v) is 13.1. The maximum absolute atomic E-state index is 13.9. The van der Waals surface area contributed by atoms with Gasteiger partial charge in [-0.05, 0) is 36.4 Å². The zero-order chi connectivity index (χ0) is 28.8. The molecule has 8 nitrogen and oxygen atoms in total. The van der Waals surface area contributed by atoms with E-state index in [1.807, 2.05) is 84.9 Å². The van der Waals surface area contributed by atoms with Crippen molar-refractivity contribution in [2.75, 3.05) is 14.1 Å². The number of likely N-dealkylation sites (N-methyl/N-ethyl adjacent to an activating group) is 2. The highest BCUT2D eigenvalue weighted by Gasteiger charge is 2.41. The van der Waals surface area contributed by atoms with Crippen LogP contribution in [0.15, 0.2) is 54.4 Å². The zero-order valence-electron chi connectivity index (χ0n) is 24.5. The van der Waals surface area contributed by atoms with Crippen LogP contribution in [0.1, 0.15) is 71.6 Å². The number of hydrogen-bond donors (Lipinski definition) is 3. The van der Waals surface area contributed by atoms with Gasteiger partial charge in [-0.25, -0.2) is 4.98 Å². The number of carbonyl (C=O) groups is 3. The van der Waals surface area contributed by atoms with Crippen LogP contribution in [0.5, 0.6) is 0 Å². The van der Waals surface area contributed by atoms with Gasteiger partial charge in [-0.15, -0.1) is 0 Å². The van der Waals surface area contributed by atoms with Crippen molar-refractivity contribution < 1.29 is 14.4 Å². The van der Waals surface area contributed by atoms with Gasteiger partial charge in [0.1, 0.15) is 6.04 Å². The van der Waals surface area contributed by atoms with E-state index >= 15 is 0 Å². The van der Waals surface area contributed by atoms with Gasteiger partial charge in [0, 0.05) is 24.9 Å². The molecule has 0 aliphatic carbocycles. The number of aromatic amines is 1. The van der Waals surface area contributed by atoms with Gasteiger partial charge in [0.05, 0.1) is 12.1 Å². The molecule has 2 rings (SSSR count). The van der Waals surface area contributed by atoms with Crippen molar-refractivity contribution in [2.45, 2.75) is 78.9 Å². The van der Waals surface area contributed by atoms with E-state index in [0.29, 0.717) is 5.57 Å². The SMILES string of the molecule is CN[C@H](C(=O)NC(C(=O)N(C)[C@H](/C=C(\C)C(=O)c1ncc[nH]1)C(C)C)C(C)(C)C)C(C)(C)c1ccccc1. The van der Waals surface area contributed by atoms with Gasteiger partial charge in [0.15, 0.2) is 5.82 Å². The summed E-state index contributed by atoms with van der Waals surface area (Å²) in [6, 6.07) is 8.16. The maximum atomic E-state index is 13.9. The van der Waals surface area contributed by atoms with Crippen LogP contribution in [0.25, 0.3) is 0 Å². The average Bonchev–Trinajstić information content (AvgIpc) is 3.39. The van der Waals surface area contributed by atoms with E-state index < -0.39 is 22.9 Å². The molecule has 1 heterocycles. The highest BCUT2D eigenvalue weighted by Crippen LogP contribution is 2.29. The number of nitrogens with zero attached hydrogens (tertiary/aromatic N) is 2. The third-order valence-electron chi connectivity index (χ3n) is 7.16. The average molecular weight is 524 g/mol. The second-order valence-electron chi connectivity index (χ2n) is 11.9. The highest BCUT2D eigenvalue weighted by atomic mass is 16.2. The summed E-state index contributed by atoms with van der Waals surface area (Å²) in [5.74, 6) is -0.395. The molecule has 3 atom stereocenters. The van der Waals surface area contributed by atoms with Crippen LogP contribution in [0.4, 0.5) is 0 Å². The summed E-state index contributed by atoms with van der Waals surface area (Å²) in [5, 5.41) is 6.23. The van der Waals surface area contributed by atoms with Crippen molar-refractivity contribution in [3.05, 3.63) is 65.8 Å². The van der Waals surface area contributed by atoms with Gasteiger partial charge in [0.2, 0.25) is 17.6 Å². The molecule has 0 saturated heterocycles. The number of allylic oxidation sites excluding steroid dienone is 1. The summed E-state index contributed by atoms with van der Waals surface area (Å²) in [6.07, 6.45) is 4.94. The fourth-order valence-electron chi connectivity index (χ4n) is 4.74. The van der Waals surface area contributed by atoms with Crippen LogP contribution in [-0.4, -0.2) is 64.7 Å². The van der Waals surface area contributed by atoms with Crippen molar-refractivity contribution in [3.63, 3.8) is 0 Å². The van der Waals surface area contributed by atoms with Gasteiger partial charge in [0.25, 0.3) is 0 Å². The molecule has 208 valence electrons. The maximum Gasteiger partial charge on any atom is 0.245 e. The van der Waals surface area contributed by atoms with E-state index in [-0.39, 0.29) is 35.4 Å². The second kappa shape index (κ2) is 12.5. The lowest BCUT2D eigenvalue weighted by Gasteiger charge is -2.40. The molecule has 0 aliphatic heterocycles. The molecule has 0 radical (unpaired) electrons. The lowest BCUT2D eigenvalue weighted by molar-refractivity contribution is -0.140. The van der Waals surface area contributed by atoms with E-state index in [1.165, 1.54) is 6.20 Å². The molecular formula is C30H45N5O3. The largest absolute Gasteiger partial charge is 0.342 e. The molecule has 0 saturated carbocycles. The van der Waals surface area contributed by atoms with Gasteiger partial charge >= 0.3 is 0 Å². The Morgan fingerprint density at radius 1 is 1.03 bits per heavy atom. The summed E-state index contributed by atoms with van der Waals surface area (Å²) in [4.78, 5) is 48.9. The van der Waals surface area contributed by atoms with Gasteiger partial charge in [-0.1, -0.05) is 84.9 Å². The van der Waals surface area contributed by atoms with Crippen molar-refractivity contribution in [1.82, 2.24) is 25.5 Å². The Bertz CT molecular complexity index is 1110. The van der Waals surface area contributed by atoms with Gasteiger partial charge in [-0.3, -0.25) is 14.4 Å². The molecular weight excluding hydrogens is 478 g/mol. The number of aromatic nitrogens is 2. The second-order valence-corrected chi connectivity index (χ2v) is 11.9. The smallest absolute Gasteiger partial charge is 0.245 e. The summed E-state index contributed by atoms with van der Waals surface area (Å²) in [6.45, 7) is 15.6. The molecule has 1 unspecified atom stereocenters. The number of Topliss-reactive ketones (excluding diaryl/α,β-unsaturated/α-hetero) is 1. The quantitative estimate of drug-likeness (QED) is 0.303. The fourth-order valence-corrected chi connectivity index (χ4v) is 4.74. The predicted octanol–water partition coefficient (Wildman–Crippen LogP) is 4.12. The molecule has 8 heteroatoms. The van der Waals surface area contributed by atoms with Gasteiger partial charge < -0.3 is 20.5 Å². The Kier molecular flexibility index (Phi) is 10.2. The molecule has 0 spiro atoms. The number of carbonyl (C=O) groups excluding carboxylic acids is 3. The highest BCUT2D eigenvalue weighted by molar-refractivity contribution is 6.05. The minimum Gasteiger partial charge on any atom is -0.342 e. The normalized spacial score (nSPS) is 15.1. The Balaban J connectivity index is 2.34. The molecule has 3 N–H and O–H groups in total. The summed E-state index contributed by atoms with van der Waals surface area (Å²) in [7, 11) is 3.48. The van der Waals surface area contributed by atoms with E-state index in [0.717, 1.165) is 5.56 Å². The van der Waals surface area contributed by atoms with Crippen LogP contribution < -0.4 is 10.6 Å². The van der Waals surface area contributed by atoms with Crippen molar-refractivity contribution in [1.29, 1.82) is 0 Å². The van der Waals surface area contributed by atoms with Crippen LogP contribution in [0.2, 0.25) is 0 Å². The molecule has 0 bridgehead atoms. The minimum atomic E-state index is -0.779. The lowest BCUT2D eigenvalue weighted by Crippen LogP contribution is -2.61. The Hall–Kier alpha value is -3.26. The van der Waals surface area contributed by atoms with Gasteiger partial charge in [-0.2, -0.15) is 0 Å². The van der Waals surface area contributed by atoms with Crippen LogP contribution >= 0.6 is 0 Å². The number of hydrogen-bond acceptors (Lipinski definition) is 5.